The van der Waals surface area contributed by atoms with Gasteiger partial charge in [-0.05, 0) is 67.7 Å². The molecule has 0 spiro atoms. The van der Waals surface area contributed by atoms with Crippen LogP contribution >= 0.6 is 0 Å². The first-order valence-corrected chi connectivity index (χ1v) is 21.1. The predicted octanol–water partition coefficient (Wildman–Crippen LogP) is 4.35. The van der Waals surface area contributed by atoms with Crippen LogP contribution in [0.2, 0.25) is 0 Å². The van der Waals surface area contributed by atoms with E-state index in [4.69, 9.17) is 28.4 Å². The Kier molecular flexibility index (Phi) is 12.6. The number of benzene rings is 3. The van der Waals surface area contributed by atoms with Crippen LogP contribution in [0.15, 0.2) is 102 Å². The second-order valence-electron chi connectivity index (χ2n) is 17.7. The highest BCUT2D eigenvalue weighted by Gasteiger charge is 2.77. The Bertz CT molecular complexity index is 2320. The lowest BCUT2D eigenvalue weighted by Gasteiger charge is -2.63. The smallest absolute Gasteiger partial charge is 0.456 e. The lowest BCUT2D eigenvalue weighted by atomic mass is 9.47. The van der Waals surface area contributed by atoms with Gasteiger partial charge in [0, 0.05) is 24.3 Å². The molecule has 4 aliphatic rings. The standard InChI is InChI=1S/C48H53NO15/c1-26-31(62-43(56)36(52)35(28-16-10-7-11-17-28)49-41(54)29-18-12-8-13-19-29)24-48(58)40(63-42(55)30-20-14-9-15-21-30)38-46(5,39(53)37(61-27(2)50)34(26)45(48,3)4)32(51)22-23-33-47(38,25-60-33)64-44(57)59-6/h7-21,31-33,35-38,40,51-52,58H,22-25H2,1-6H3,(H,49,54)/t31-,32-,33+,35-,36+,37+,38-,40-,46+,47-,48+/m0/s1. The van der Waals surface area contributed by atoms with Crippen molar-refractivity contribution in [1.29, 1.82) is 0 Å². The number of hydrogen-bond donors (Lipinski definition) is 4. The van der Waals surface area contributed by atoms with Crippen LogP contribution in [0.3, 0.4) is 0 Å². The third-order valence-electron chi connectivity index (χ3n) is 13.9. The normalized spacial score (nSPS) is 31.4. The summed E-state index contributed by atoms with van der Waals surface area (Å²) in [6.45, 7) is 6.70. The number of ether oxygens (including phenoxy) is 6. The van der Waals surface area contributed by atoms with E-state index in [9.17, 15) is 39.3 Å². The number of nitrogens with one attached hydrogen (secondary N) is 1. The maximum atomic E-state index is 15.7. The largest absolute Gasteiger partial charge is 0.508 e. The van der Waals surface area contributed by atoms with Crippen molar-refractivity contribution >= 4 is 35.8 Å². The van der Waals surface area contributed by atoms with Gasteiger partial charge in [-0.2, -0.15) is 0 Å². The molecule has 16 nitrogen and oxygen atoms in total. The Morgan fingerprint density at radius 1 is 0.844 bits per heavy atom. The van der Waals surface area contributed by atoms with Crippen LogP contribution in [0.5, 0.6) is 0 Å². The quantitative estimate of drug-likeness (QED) is 0.126. The summed E-state index contributed by atoms with van der Waals surface area (Å²) in [7, 11) is 1.08. The number of hydrogen-bond acceptors (Lipinski definition) is 15. The molecule has 2 bridgehead atoms. The van der Waals surface area contributed by atoms with Gasteiger partial charge in [0.05, 0.1) is 42.8 Å². The molecule has 0 unspecified atom stereocenters. The van der Waals surface area contributed by atoms with Crippen LogP contribution in [-0.4, -0.2) is 113 Å². The summed E-state index contributed by atoms with van der Waals surface area (Å²) in [4.78, 5) is 84.2. The molecule has 3 fully saturated rings. The summed E-state index contributed by atoms with van der Waals surface area (Å²) in [5.41, 5.74) is -7.39. The molecule has 1 amide bonds. The number of esters is 3. The number of rotatable bonds is 10. The highest BCUT2D eigenvalue weighted by molar-refractivity contribution is 5.96. The second-order valence-corrected chi connectivity index (χ2v) is 17.7. The van der Waals surface area contributed by atoms with Crippen molar-refractivity contribution in [3.8, 4) is 0 Å². The Hall–Kier alpha value is -5.94. The van der Waals surface area contributed by atoms with Crippen LogP contribution in [0, 0.1) is 16.7 Å². The molecule has 16 heteroatoms. The summed E-state index contributed by atoms with van der Waals surface area (Å²) < 4.78 is 35.4. The fraction of sp³-hybridized carbons (Fsp3) is 0.458. The van der Waals surface area contributed by atoms with Gasteiger partial charge in [0.1, 0.15) is 23.9 Å². The van der Waals surface area contributed by atoms with Crippen molar-refractivity contribution < 1.29 is 72.5 Å². The summed E-state index contributed by atoms with van der Waals surface area (Å²) >= 11 is 0. The van der Waals surface area contributed by atoms with Gasteiger partial charge in [0.2, 0.25) is 0 Å². The number of ketones is 1. The lowest BCUT2D eigenvalue weighted by molar-refractivity contribution is -0.311. The Morgan fingerprint density at radius 3 is 2.00 bits per heavy atom. The molecule has 4 N–H and O–H groups in total. The minimum absolute atomic E-state index is 0.0213. The van der Waals surface area contributed by atoms with Crippen LogP contribution in [0.4, 0.5) is 4.79 Å². The van der Waals surface area contributed by atoms with Crippen LogP contribution in [0.1, 0.15) is 86.2 Å². The molecule has 1 heterocycles. The molecule has 3 aliphatic carbocycles. The third-order valence-corrected chi connectivity index (χ3v) is 13.9. The number of amides is 1. The molecule has 3 aromatic rings. The molecule has 1 saturated heterocycles. The van der Waals surface area contributed by atoms with E-state index >= 15 is 4.79 Å². The Morgan fingerprint density at radius 2 is 1.44 bits per heavy atom. The zero-order valence-electron chi connectivity index (χ0n) is 36.3. The van der Waals surface area contributed by atoms with E-state index in [0.29, 0.717) is 5.56 Å². The van der Waals surface area contributed by atoms with Gasteiger partial charge in [-0.1, -0.05) is 80.6 Å². The van der Waals surface area contributed by atoms with Crippen molar-refractivity contribution in [2.75, 3.05) is 13.7 Å². The first-order chi connectivity index (χ1) is 30.3. The fourth-order valence-corrected chi connectivity index (χ4v) is 10.3. The van der Waals surface area contributed by atoms with Crippen molar-refractivity contribution in [2.45, 2.75) is 108 Å². The molecule has 3 aromatic carbocycles. The molecule has 340 valence electrons. The van der Waals surface area contributed by atoms with Gasteiger partial charge in [0.25, 0.3) is 5.91 Å². The maximum Gasteiger partial charge on any atom is 0.508 e. The minimum atomic E-state index is -2.44. The lowest BCUT2D eigenvalue weighted by Crippen LogP contribution is -2.78. The molecule has 7 rings (SSSR count). The average molecular weight is 884 g/mol. The van der Waals surface area contributed by atoms with Crippen LogP contribution in [0.25, 0.3) is 0 Å². The van der Waals surface area contributed by atoms with E-state index in [1.165, 1.54) is 26.0 Å². The number of carbonyl (C=O) groups is 6. The number of carbonyl (C=O) groups excluding carboxylic acids is 6. The van der Waals surface area contributed by atoms with Crippen molar-refractivity contribution in [3.63, 3.8) is 0 Å². The number of fused-ring (bicyclic) bond motifs is 5. The zero-order chi connectivity index (χ0) is 46.4. The third kappa shape index (κ3) is 7.75. The van der Waals surface area contributed by atoms with Crippen molar-refractivity contribution in [2.24, 2.45) is 16.7 Å². The molecular weight excluding hydrogens is 831 g/mol. The molecule has 2 saturated carbocycles. The summed E-state index contributed by atoms with van der Waals surface area (Å²) in [5, 5.41) is 40.6. The second kappa shape index (κ2) is 17.6. The highest BCUT2D eigenvalue weighted by Crippen LogP contribution is 2.63. The SMILES string of the molecule is COC(=O)O[C@@]12CO[C@@H]1CC[C@H](O)[C@@]1(C)C(=O)[C@H](OC(C)=O)C3=C(C)[C@@H](OC(=O)[C@H](O)[C@@H](NC(=O)c4ccccc4)c4ccccc4)C[C@@](O)([C@@H](OC(=O)c4ccccc4)[C@H]21)C3(C)C. The molecule has 11 atom stereocenters. The highest BCUT2D eigenvalue weighted by atomic mass is 16.8. The number of aliphatic hydroxyl groups is 3. The number of methoxy groups -OCH3 is 1. The van der Waals surface area contributed by atoms with Gasteiger partial charge in [0.15, 0.2) is 23.6 Å². The van der Waals surface area contributed by atoms with Gasteiger partial charge >= 0.3 is 24.1 Å². The summed E-state index contributed by atoms with van der Waals surface area (Å²) in [6.07, 6.45) is -11.7. The van der Waals surface area contributed by atoms with Gasteiger partial charge in [-0.25, -0.2) is 14.4 Å². The van der Waals surface area contributed by atoms with E-state index in [-0.39, 0.29) is 41.7 Å². The zero-order valence-corrected chi connectivity index (χ0v) is 36.3. The maximum absolute atomic E-state index is 15.7. The fourth-order valence-electron chi connectivity index (χ4n) is 10.3. The van der Waals surface area contributed by atoms with Gasteiger partial charge in [-0.15, -0.1) is 0 Å². The van der Waals surface area contributed by atoms with Crippen molar-refractivity contribution in [1.82, 2.24) is 5.32 Å². The monoisotopic (exact) mass is 883 g/mol. The van der Waals surface area contributed by atoms with E-state index in [1.54, 1.807) is 92.7 Å². The first-order valence-electron chi connectivity index (χ1n) is 21.1. The first kappa shape index (κ1) is 46.1. The molecule has 0 aromatic heterocycles. The van der Waals surface area contributed by atoms with Gasteiger partial charge < -0.3 is 49.1 Å². The van der Waals surface area contributed by atoms with E-state index in [1.807, 2.05) is 0 Å². The molecular formula is C48H53NO15. The predicted molar refractivity (Wildman–Crippen MR) is 224 cm³/mol. The summed E-state index contributed by atoms with van der Waals surface area (Å²) in [5.74, 6) is -6.24. The van der Waals surface area contributed by atoms with Gasteiger partial charge in [-0.3, -0.25) is 14.4 Å². The van der Waals surface area contributed by atoms with E-state index in [0.717, 1.165) is 14.0 Å². The number of aliphatic hydroxyl groups excluding tert-OH is 2. The molecule has 64 heavy (non-hydrogen) atoms. The van der Waals surface area contributed by atoms with E-state index < -0.39 is 113 Å². The summed E-state index contributed by atoms with van der Waals surface area (Å²) in [6, 6.07) is 22.9. The Balaban J connectivity index is 1.41. The topological polar surface area (TPSA) is 231 Å². The van der Waals surface area contributed by atoms with Crippen LogP contribution in [-0.2, 0) is 42.8 Å². The number of Topliss-reactive ketones (excluding diaryl/α,β-unsaturated/α-hetero) is 1. The Labute approximate surface area is 369 Å². The average Bonchev–Trinajstić information content (AvgIpc) is 3.33. The van der Waals surface area contributed by atoms with Crippen LogP contribution < -0.4 is 5.32 Å². The molecule has 0 radical (unpaired) electrons. The minimum Gasteiger partial charge on any atom is -0.456 e. The molecule has 1 aliphatic heterocycles. The van der Waals surface area contributed by atoms with Crippen molar-refractivity contribution in [3.05, 3.63) is 119 Å². The van der Waals surface area contributed by atoms with E-state index in [2.05, 4.69) is 5.32 Å².